The van der Waals surface area contributed by atoms with E-state index in [0.717, 1.165) is 11.1 Å². The second-order valence-electron chi connectivity index (χ2n) is 3.72. The molecule has 0 atom stereocenters. The summed E-state index contributed by atoms with van der Waals surface area (Å²) in [4.78, 5) is 0. The fourth-order valence-corrected chi connectivity index (χ4v) is 1.90. The minimum Gasteiger partial charge on any atom is -0.312 e. The first-order valence-electron chi connectivity index (χ1n) is 5.33. The molecule has 0 fully saturated rings. The van der Waals surface area contributed by atoms with Crippen LogP contribution in [0.15, 0.2) is 18.2 Å². The molecule has 0 aliphatic heterocycles. The van der Waals surface area contributed by atoms with Crippen molar-refractivity contribution in [3.8, 4) is 6.07 Å². The number of thioether (sulfide) groups is 1. The molecule has 0 heterocycles. The highest BCUT2D eigenvalue weighted by Crippen LogP contribution is 2.29. The van der Waals surface area contributed by atoms with Crippen molar-refractivity contribution in [2.45, 2.75) is 19.0 Å². The SMILES string of the molecule is Cc1cc(C#N)ccc1CNCCSC(F)(F)F. The zero-order chi connectivity index (χ0) is 13.6. The number of nitriles is 1. The third kappa shape index (κ3) is 5.43. The van der Waals surface area contributed by atoms with Crippen LogP contribution in [0.25, 0.3) is 0 Å². The maximum Gasteiger partial charge on any atom is 0.441 e. The van der Waals surface area contributed by atoms with Crippen LogP contribution in [0.2, 0.25) is 0 Å². The van der Waals surface area contributed by atoms with Crippen LogP contribution in [0.5, 0.6) is 0 Å². The Kier molecular flexibility index (Phi) is 5.51. The van der Waals surface area contributed by atoms with Crippen molar-refractivity contribution < 1.29 is 13.2 Å². The van der Waals surface area contributed by atoms with Crippen LogP contribution in [-0.2, 0) is 6.54 Å². The number of rotatable bonds is 5. The van der Waals surface area contributed by atoms with Gasteiger partial charge in [-0.05, 0) is 41.9 Å². The van der Waals surface area contributed by atoms with E-state index in [2.05, 4.69) is 5.32 Å². The van der Waals surface area contributed by atoms with Crippen molar-refractivity contribution in [3.63, 3.8) is 0 Å². The van der Waals surface area contributed by atoms with Crippen molar-refractivity contribution in [2.24, 2.45) is 0 Å². The molecule has 0 aliphatic carbocycles. The van der Waals surface area contributed by atoms with Crippen molar-refractivity contribution in [1.82, 2.24) is 5.32 Å². The lowest BCUT2D eigenvalue weighted by molar-refractivity contribution is -0.0327. The van der Waals surface area contributed by atoms with Gasteiger partial charge in [-0.25, -0.2) is 0 Å². The summed E-state index contributed by atoms with van der Waals surface area (Å²) in [5, 5.41) is 11.6. The third-order valence-electron chi connectivity index (χ3n) is 2.33. The summed E-state index contributed by atoms with van der Waals surface area (Å²) < 4.78 is 35.6. The number of hydrogen-bond donors (Lipinski definition) is 1. The van der Waals surface area contributed by atoms with Crippen LogP contribution >= 0.6 is 11.8 Å². The molecule has 0 saturated heterocycles. The van der Waals surface area contributed by atoms with E-state index in [9.17, 15) is 13.2 Å². The monoisotopic (exact) mass is 274 g/mol. The second kappa shape index (κ2) is 6.66. The van der Waals surface area contributed by atoms with Gasteiger partial charge < -0.3 is 5.32 Å². The number of hydrogen-bond acceptors (Lipinski definition) is 3. The zero-order valence-corrected chi connectivity index (χ0v) is 10.7. The first kappa shape index (κ1) is 14.9. The second-order valence-corrected chi connectivity index (χ2v) is 4.88. The Hall–Kier alpha value is -1.19. The molecule has 1 aromatic rings. The van der Waals surface area contributed by atoms with Gasteiger partial charge in [-0.3, -0.25) is 0 Å². The van der Waals surface area contributed by atoms with Crippen LogP contribution in [0.3, 0.4) is 0 Å². The third-order valence-corrected chi connectivity index (χ3v) is 3.07. The molecule has 98 valence electrons. The quantitative estimate of drug-likeness (QED) is 0.837. The van der Waals surface area contributed by atoms with Crippen LogP contribution in [0.1, 0.15) is 16.7 Å². The summed E-state index contributed by atoms with van der Waals surface area (Å²) in [6.45, 7) is 2.68. The Balaban J connectivity index is 2.34. The topological polar surface area (TPSA) is 35.8 Å². The molecule has 1 aromatic carbocycles. The first-order valence-corrected chi connectivity index (χ1v) is 6.32. The molecule has 18 heavy (non-hydrogen) atoms. The predicted molar refractivity (Wildman–Crippen MR) is 66.1 cm³/mol. The molecule has 1 N–H and O–H groups in total. The van der Waals surface area contributed by atoms with E-state index in [1.54, 1.807) is 12.1 Å². The highest BCUT2D eigenvalue weighted by atomic mass is 32.2. The number of halogens is 3. The van der Waals surface area contributed by atoms with Crippen LogP contribution in [0, 0.1) is 18.3 Å². The van der Waals surface area contributed by atoms with Gasteiger partial charge in [-0.15, -0.1) is 0 Å². The minimum atomic E-state index is -4.16. The van der Waals surface area contributed by atoms with Gasteiger partial charge in [0.15, 0.2) is 0 Å². The fraction of sp³-hybridized carbons (Fsp3) is 0.417. The molecule has 6 heteroatoms. The Bertz CT molecular complexity index is 438. The number of benzene rings is 1. The minimum absolute atomic E-state index is 0.00116. The Morgan fingerprint density at radius 3 is 2.67 bits per heavy atom. The van der Waals surface area contributed by atoms with Crippen molar-refractivity contribution in [1.29, 1.82) is 5.26 Å². The molecule has 2 nitrogen and oxygen atoms in total. The van der Waals surface area contributed by atoms with Gasteiger partial charge in [0.1, 0.15) is 0 Å². The van der Waals surface area contributed by atoms with Crippen molar-refractivity contribution in [3.05, 3.63) is 34.9 Å². The largest absolute Gasteiger partial charge is 0.441 e. The number of aryl methyl sites for hydroxylation is 1. The van der Waals surface area contributed by atoms with Gasteiger partial charge >= 0.3 is 5.51 Å². The van der Waals surface area contributed by atoms with Crippen molar-refractivity contribution >= 4 is 11.8 Å². The molecular formula is C12H13F3N2S. The molecule has 0 unspecified atom stereocenters. The molecule has 0 aliphatic rings. The van der Waals surface area contributed by atoms with E-state index in [4.69, 9.17) is 5.26 Å². The van der Waals surface area contributed by atoms with Gasteiger partial charge in [0.05, 0.1) is 11.6 Å². The smallest absolute Gasteiger partial charge is 0.312 e. The normalized spacial score (nSPS) is 11.3. The van der Waals surface area contributed by atoms with E-state index >= 15 is 0 Å². The van der Waals surface area contributed by atoms with Gasteiger partial charge in [-0.1, -0.05) is 6.07 Å². The molecule has 0 saturated carbocycles. The van der Waals surface area contributed by atoms with E-state index in [1.165, 1.54) is 0 Å². The van der Waals surface area contributed by atoms with Gasteiger partial charge in [0, 0.05) is 18.8 Å². The summed E-state index contributed by atoms with van der Waals surface area (Å²) in [6, 6.07) is 7.32. The molecule has 0 bridgehead atoms. The molecule has 0 aromatic heterocycles. The lowest BCUT2D eigenvalue weighted by Crippen LogP contribution is -2.18. The van der Waals surface area contributed by atoms with Crippen LogP contribution in [-0.4, -0.2) is 17.8 Å². The van der Waals surface area contributed by atoms with Crippen LogP contribution in [0.4, 0.5) is 13.2 Å². The summed E-state index contributed by atoms with van der Waals surface area (Å²) in [5.41, 5.74) is -1.62. The highest BCUT2D eigenvalue weighted by molar-refractivity contribution is 8.00. The number of alkyl halides is 3. The Labute approximate surface area is 108 Å². The number of nitrogens with one attached hydrogen (secondary N) is 1. The van der Waals surface area contributed by atoms with E-state index < -0.39 is 5.51 Å². The average molecular weight is 274 g/mol. The van der Waals surface area contributed by atoms with Crippen LogP contribution < -0.4 is 5.32 Å². The molecule has 0 spiro atoms. The Morgan fingerprint density at radius 2 is 2.11 bits per heavy atom. The van der Waals surface area contributed by atoms with E-state index in [-0.39, 0.29) is 17.5 Å². The fourth-order valence-electron chi connectivity index (χ4n) is 1.43. The number of nitrogens with zero attached hydrogens (tertiary/aromatic N) is 1. The highest BCUT2D eigenvalue weighted by Gasteiger charge is 2.27. The summed E-state index contributed by atoms with van der Waals surface area (Å²) in [7, 11) is 0. The Morgan fingerprint density at radius 1 is 1.39 bits per heavy atom. The summed E-state index contributed by atoms with van der Waals surface area (Å²) in [6.07, 6.45) is 0. The maximum absolute atomic E-state index is 11.9. The average Bonchev–Trinajstić information content (AvgIpc) is 2.29. The van der Waals surface area contributed by atoms with E-state index in [0.29, 0.717) is 18.7 Å². The van der Waals surface area contributed by atoms with Gasteiger partial charge in [0.2, 0.25) is 0 Å². The molecule has 0 amide bonds. The summed E-state index contributed by atoms with van der Waals surface area (Å²) in [5.74, 6) is -0.00116. The molecule has 1 rings (SSSR count). The van der Waals surface area contributed by atoms with Crippen molar-refractivity contribution in [2.75, 3.05) is 12.3 Å². The maximum atomic E-state index is 11.9. The zero-order valence-electron chi connectivity index (χ0n) is 9.84. The lowest BCUT2D eigenvalue weighted by atomic mass is 10.1. The summed E-state index contributed by atoms with van der Waals surface area (Å²) >= 11 is -0.0266. The van der Waals surface area contributed by atoms with E-state index in [1.807, 2.05) is 19.1 Å². The van der Waals surface area contributed by atoms with Gasteiger partial charge in [-0.2, -0.15) is 18.4 Å². The molecule has 0 radical (unpaired) electrons. The van der Waals surface area contributed by atoms with Gasteiger partial charge in [0.25, 0.3) is 0 Å². The molecular weight excluding hydrogens is 261 g/mol. The predicted octanol–water partition coefficient (Wildman–Crippen LogP) is 3.21. The standard InChI is InChI=1S/C12H13F3N2S/c1-9-6-10(7-16)2-3-11(9)8-17-4-5-18-12(13,14)15/h2-3,6,17H,4-5,8H2,1H3. The first-order chi connectivity index (χ1) is 8.42. The lowest BCUT2D eigenvalue weighted by Gasteiger charge is -2.09.